The minimum absolute atomic E-state index is 0.0687. The van der Waals surface area contributed by atoms with Crippen molar-refractivity contribution in [1.29, 1.82) is 0 Å². The Balaban J connectivity index is 2.36. The quantitative estimate of drug-likeness (QED) is 0.666. The number of hydrogen-bond acceptors (Lipinski definition) is 3. The number of carbonyl (C=O) groups excluding carboxylic acids is 1. The maximum atomic E-state index is 11.2. The van der Waals surface area contributed by atoms with Crippen molar-refractivity contribution >= 4 is 40.9 Å². The standard InChI is InChI=1S/C10H10Cl3NO3/c11-10(12,13)8(15)14-9(16)17-6-7-4-2-1-3-5-7/h1-5,8,15H,6H2,(H,14,16)/t8-/m1/s1. The maximum absolute atomic E-state index is 11.2. The molecule has 0 aliphatic rings. The molecule has 0 heterocycles. The molecule has 1 rings (SSSR count). The van der Waals surface area contributed by atoms with Crippen LogP contribution in [-0.2, 0) is 11.3 Å². The van der Waals surface area contributed by atoms with Crippen LogP contribution in [0.25, 0.3) is 0 Å². The second-order valence-corrected chi connectivity index (χ2v) is 5.52. The fraction of sp³-hybridized carbons (Fsp3) is 0.300. The van der Waals surface area contributed by atoms with Gasteiger partial charge >= 0.3 is 6.09 Å². The van der Waals surface area contributed by atoms with Gasteiger partial charge in [-0.25, -0.2) is 4.79 Å². The summed E-state index contributed by atoms with van der Waals surface area (Å²) in [6.07, 6.45) is -2.50. The summed E-state index contributed by atoms with van der Waals surface area (Å²) in [6, 6.07) is 9.05. The first-order valence-corrected chi connectivity index (χ1v) is 5.75. The van der Waals surface area contributed by atoms with Crippen LogP contribution in [0.3, 0.4) is 0 Å². The number of alkyl halides is 3. The number of aliphatic hydroxyl groups excluding tert-OH is 1. The second kappa shape index (κ2) is 6.31. The van der Waals surface area contributed by atoms with Gasteiger partial charge in [0.25, 0.3) is 0 Å². The van der Waals surface area contributed by atoms with Crippen molar-refractivity contribution in [2.45, 2.75) is 16.6 Å². The molecule has 4 nitrogen and oxygen atoms in total. The minimum Gasteiger partial charge on any atom is -0.445 e. The van der Waals surface area contributed by atoms with Crippen molar-refractivity contribution in [3.8, 4) is 0 Å². The number of amides is 1. The van der Waals surface area contributed by atoms with Gasteiger partial charge < -0.3 is 9.84 Å². The molecule has 1 aromatic rings. The fourth-order valence-electron chi connectivity index (χ4n) is 0.958. The third-order valence-electron chi connectivity index (χ3n) is 1.78. The average Bonchev–Trinajstić information content (AvgIpc) is 2.26. The maximum Gasteiger partial charge on any atom is 0.409 e. The van der Waals surface area contributed by atoms with Crippen LogP contribution in [0.4, 0.5) is 4.79 Å². The third-order valence-corrected chi connectivity index (χ3v) is 2.40. The highest BCUT2D eigenvalue weighted by molar-refractivity contribution is 6.68. The van der Waals surface area contributed by atoms with Crippen LogP contribution >= 0.6 is 34.8 Å². The van der Waals surface area contributed by atoms with Crippen molar-refractivity contribution in [2.75, 3.05) is 0 Å². The van der Waals surface area contributed by atoms with Crippen molar-refractivity contribution in [1.82, 2.24) is 5.32 Å². The smallest absolute Gasteiger partial charge is 0.409 e. The molecule has 0 unspecified atom stereocenters. The number of alkyl carbamates (subject to hydrolysis) is 1. The van der Waals surface area contributed by atoms with E-state index in [1.54, 1.807) is 12.1 Å². The summed E-state index contributed by atoms with van der Waals surface area (Å²) >= 11 is 16.1. The van der Waals surface area contributed by atoms with Gasteiger partial charge in [-0.3, -0.25) is 5.32 Å². The average molecular weight is 299 g/mol. The van der Waals surface area contributed by atoms with Crippen LogP contribution < -0.4 is 5.32 Å². The van der Waals surface area contributed by atoms with Crippen LogP contribution in [0, 0.1) is 0 Å². The molecular formula is C10H10Cl3NO3. The van der Waals surface area contributed by atoms with Gasteiger partial charge in [0.1, 0.15) is 6.61 Å². The van der Waals surface area contributed by atoms with E-state index >= 15 is 0 Å². The van der Waals surface area contributed by atoms with Crippen LogP contribution in [0.5, 0.6) is 0 Å². The van der Waals surface area contributed by atoms with Gasteiger partial charge in [-0.2, -0.15) is 0 Å². The van der Waals surface area contributed by atoms with E-state index in [0.29, 0.717) is 0 Å². The van der Waals surface area contributed by atoms with Crippen molar-refractivity contribution in [3.63, 3.8) is 0 Å². The predicted molar refractivity (Wildman–Crippen MR) is 66.1 cm³/mol. The number of aliphatic hydroxyl groups is 1. The fourth-order valence-corrected chi connectivity index (χ4v) is 1.12. The highest BCUT2D eigenvalue weighted by Gasteiger charge is 2.32. The van der Waals surface area contributed by atoms with Gasteiger partial charge in [-0.05, 0) is 5.56 Å². The zero-order valence-electron chi connectivity index (χ0n) is 8.57. The highest BCUT2D eigenvalue weighted by Crippen LogP contribution is 2.28. The zero-order chi connectivity index (χ0) is 12.9. The highest BCUT2D eigenvalue weighted by atomic mass is 35.6. The van der Waals surface area contributed by atoms with Crippen molar-refractivity contribution < 1.29 is 14.6 Å². The molecule has 0 spiro atoms. The molecule has 7 heteroatoms. The van der Waals surface area contributed by atoms with E-state index in [-0.39, 0.29) is 6.61 Å². The largest absolute Gasteiger partial charge is 0.445 e. The lowest BCUT2D eigenvalue weighted by molar-refractivity contribution is 0.0964. The number of ether oxygens (including phenoxy) is 1. The predicted octanol–water partition coefficient (Wildman–Crippen LogP) is 2.60. The summed E-state index contributed by atoms with van der Waals surface area (Å²) in [5, 5.41) is 11.2. The summed E-state index contributed by atoms with van der Waals surface area (Å²) in [5.74, 6) is 0. The van der Waals surface area contributed by atoms with E-state index in [4.69, 9.17) is 39.5 Å². The van der Waals surface area contributed by atoms with Crippen LogP contribution in [0.15, 0.2) is 30.3 Å². The Hall–Kier alpha value is -0.680. The molecule has 94 valence electrons. The van der Waals surface area contributed by atoms with Gasteiger partial charge in [0.05, 0.1) is 0 Å². The van der Waals surface area contributed by atoms with Gasteiger partial charge in [-0.1, -0.05) is 65.1 Å². The molecule has 0 aliphatic carbocycles. The summed E-state index contributed by atoms with van der Waals surface area (Å²) in [4.78, 5) is 11.2. The molecular weight excluding hydrogens is 288 g/mol. The SMILES string of the molecule is O=C(N[C@H](O)C(Cl)(Cl)Cl)OCc1ccccc1. The third kappa shape index (κ3) is 5.46. The molecule has 0 bridgehead atoms. The summed E-state index contributed by atoms with van der Waals surface area (Å²) < 4.78 is 2.81. The lowest BCUT2D eigenvalue weighted by atomic mass is 10.2. The monoisotopic (exact) mass is 297 g/mol. The lowest BCUT2D eigenvalue weighted by Crippen LogP contribution is -2.43. The molecule has 17 heavy (non-hydrogen) atoms. The van der Waals surface area contributed by atoms with E-state index in [1.165, 1.54) is 0 Å². The zero-order valence-corrected chi connectivity index (χ0v) is 10.8. The van der Waals surface area contributed by atoms with Crippen LogP contribution in [-0.4, -0.2) is 21.2 Å². The van der Waals surface area contributed by atoms with E-state index in [2.05, 4.69) is 0 Å². The summed E-state index contributed by atoms with van der Waals surface area (Å²) in [7, 11) is 0. The molecule has 2 N–H and O–H groups in total. The Morgan fingerprint density at radius 3 is 2.47 bits per heavy atom. The molecule has 0 saturated carbocycles. The molecule has 1 amide bonds. The first kappa shape index (κ1) is 14.4. The first-order chi connectivity index (χ1) is 7.89. The Bertz CT molecular complexity index is 367. The summed E-state index contributed by atoms with van der Waals surface area (Å²) in [5.41, 5.74) is 0.811. The van der Waals surface area contributed by atoms with E-state index in [1.807, 2.05) is 23.5 Å². The first-order valence-electron chi connectivity index (χ1n) is 4.61. The normalized spacial score (nSPS) is 12.9. The van der Waals surface area contributed by atoms with E-state index < -0.39 is 16.1 Å². The van der Waals surface area contributed by atoms with Gasteiger partial charge in [0.15, 0.2) is 6.23 Å². The minimum atomic E-state index is -1.99. The Labute approximate surface area is 113 Å². The van der Waals surface area contributed by atoms with Crippen LogP contribution in [0.2, 0.25) is 0 Å². The Kier molecular flexibility index (Phi) is 5.33. The number of carbonyl (C=O) groups is 1. The van der Waals surface area contributed by atoms with Crippen molar-refractivity contribution in [3.05, 3.63) is 35.9 Å². The number of hydrogen-bond donors (Lipinski definition) is 2. The Morgan fingerprint density at radius 2 is 1.94 bits per heavy atom. The van der Waals surface area contributed by atoms with Crippen LogP contribution in [0.1, 0.15) is 5.56 Å². The molecule has 0 aliphatic heterocycles. The van der Waals surface area contributed by atoms with Gasteiger partial charge in [-0.15, -0.1) is 0 Å². The van der Waals surface area contributed by atoms with Crippen molar-refractivity contribution in [2.24, 2.45) is 0 Å². The van der Waals surface area contributed by atoms with E-state index in [9.17, 15) is 9.90 Å². The summed E-state index contributed by atoms with van der Waals surface area (Å²) in [6.45, 7) is 0.0687. The molecule has 1 atom stereocenters. The molecule has 1 aromatic carbocycles. The van der Waals surface area contributed by atoms with E-state index in [0.717, 1.165) is 5.56 Å². The number of halogens is 3. The molecule has 0 aromatic heterocycles. The Morgan fingerprint density at radius 1 is 1.35 bits per heavy atom. The topological polar surface area (TPSA) is 58.6 Å². The lowest BCUT2D eigenvalue weighted by Gasteiger charge is -2.19. The number of benzene rings is 1. The van der Waals surface area contributed by atoms with Gasteiger partial charge in [0, 0.05) is 0 Å². The second-order valence-electron chi connectivity index (χ2n) is 3.15. The molecule has 0 fully saturated rings. The number of rotatable bonds is 3. The molecule has 0 saturated heterocycles. The van der Waals surface area contributed by atoms with Gasteiger partial charge in [0.2, 0.25) is 3.79 Å². The molecule has 0 radical (unpaired) electrons. The number of nitrogens with one attached hydrogen (secondary N) is 1.